The number of urea groups is 1. The molecule has 0 bridgehead atoms. The van der Waals surface area contributed by atoms with Crippen LogP contribution in [0.3, 0.4) is 0 Å². The van der Waals surface area contributed by atoms with Crippen LogP contribution in [-0.4, -0.2) is 48.4 Å². The Kier molecular flexibility index (Phi) is 4.76. The highest BCUT2D eigenvalue weighted by atomic mass is 16.2. The summed E-state index contributed by atoms with van der Waals surface area (Å²) in [6.07, 6.45) is 1.27. The molecule has 1 saturated heterocycles. The van der Waals surface area contributed by atoms with Crippen LogP contribution >= 0.6 is 0 Å². The zero-order valence-corrected chi connectivity index (χ0v) is 14.6. The van der Waals surface area contributed by atoms with Gasteiger partial charge < -0.3 is 16.0 Å². The van der Waals surface area contributed by atoms with Crippen LogP contribution in [0, 0.1) is 0 Å². The predicted molar refractivity (Wildman–Crippen MR) is 92.8 cm³/mol. The van der Waals surface area contributed by atoms with Crippen LogP contribution in [0.5, 0.6) is 0 Å². The molecule has 1 aromatic carbocycles. The van der Waals surface area contributed by atoms with Crippen molar-refractivity contribution < 1.29 is 14.4 Å². The quantitative estimate of drug-likeness (QED) is 0.655. The molecule has 3 rings (SSSR count). The lowest BCUT2D eigenvalue weighted by molar-refractivity contribution is -0.135. The van der Waals surface area contributed by atoms with Gasteiger partial charge in [-0.05, 0) is 37.4 Å². The molecular formula is C18H24N4O3. The molecule has 25 heavy (non-hydrogen) atoms. The summed E-state index contributed by atoms with van der Waals surface area (Å²) >= 11 is 0. The Morgan fingerprint density at radius 2 is 2.12 bits per heavy atom. The third kappa shape index (κ3) is 3.11. The maximum absolute atomic E-state index is 12.9. The van der Waals surface area contributed by atoms with Crippen molar-refractivity contribution in [1.82, 2.24) is 20.9 Å². The van der Waals surface area contributed by atoms with E-state index in [1.54, 1.807) is 0 Å². The van der Waals surface area contributed by atoms with E-state index in [0.717, 1.165) is 29.0 Å². The fourth-order valence-corrected chi connectivity index (χ4v) is 3.62. The number of rotatable bonds is 6. The largest absolute Gasteiger partial charge is 0.353 e. The molecule has 0 aromatic heterocycles. The van der Waals surface area contributed by atoms with E-state index in [0.29, 0.717) is 13.0 Å². The molecule has 0 saturated carbocycles. The van der Waals surface area contributed by atoms with E-state index in [1.165, 1.54) is 0 Å². The van der Waals surface area contributed by atoms with Gasteiger partial charge >= 0.3 is 6.03 Å². The van der Waals surface area contributed by atoms with Gasteiger partial charge in [-0.2, -0.15) is 0 Å². The van der Waals surface area contributed by atoms with Crippen LogP contribution in [-0.2, 0) is 21.5 Å². The summed E-state index contributed by atoms with van der Waals surface area (Å²) < 4.78 is 0. The number of nitrogens with one attached hydrogen (secondary N) is 3. The zero-order valence-electron chi connectivity index (χ0n) is 14.6. The van der Waals surface area contributed by atoms with Gasteiger partial charge in [-0.25, -0.2) is 4.79 Å². The average Bonchev–Trinajstić information content (AvgIpc) is 3.07. The number of hydrogen-bond acceptors (Lipinski definition) is 4. The number of benzene rings is 1. The lowest BCUT2D eigenvalue weighted by Crippen LogP contribution is -2.46. The molecule has 3 N–H and O–H groups in total. The fraction of sp³-hybridized carbons (Fsp3) is 0.500. The van der Waals surface area contributed by atoms with E-state index in [9.17, 15) is 14.4 Å². The molecule has 4 amide bonds. The zero-order chi connectivity index (χ0) is 18.0. The number of aryl methyl sites for hydroxylation is 1. The van der Waals surface area contributed by atoms with Crippen LogP contribution in [0.2, 0.25) is 0 Å². The summed E-state index contributed by atoms with van der Waals surface area (Å²) in [7, 11) is 0. The Bertz CT molecular complexity index is 705. The molecule has 134 valence electrons. The smallest absolute Gasteiger partial charge is 0.325 e. The molecule has 1 aliphatic heterocycles. The molecule has 7 nitrogen and oxygen atoms in total. The number of carbonyl (C=O) groups is 3. The minimum Gasteiger partial charge on any atom is -0.353 e. The Hall–Kier alpha value is -2.41. The van der Waals surface area contributed by atoms with Crippen LogP contribution in [0.25, 0.3) is 0 Å². The molecule has 2 atom stereocenters. The van der Waals surface area contributed by atoms with Crippen LogP contribution < -0.4 is 16.0 Å². The second-order valence-corrected chi connectivity index (χ2v) is 6.65. The maximum atomic E-state index is 12.9. The van der Waals surface area contributed by atoms with Gasteiger partial charge in [-0.3, -0.25) is 14.5 Å². The van der Waals surface area contributed by atoms with Gasteiger partial charge in [-0.15, -0.1) is 0 Å². The van der Waals surface area contributed by atoms with E-state index in [-0.39, 0.29) is 24.4 Å². The van der Waals surface area contributed by atoms with Crippen molar-refractivity contribution in [3.63, 3.8) is 0 Å². The highest BCUT2D eigenvalue weighted by molar-refractivity contribution is 6.09. The van der Waals surface area contributed by atoms with E-state index >= 15 is 0 Å². The van der Waals surface area contributed by atoms with Gasteiger partial charge in [0.05, 0.1) is 0 Å². The van der Waals surface area contributed by atoms with Gasteiger partial charge in [0.1, 0.15) is 12.1 Å². The SMILES string of the molecule is CCN[C@H](C)CNC(=O)CN1C(=O)NC2(CCc3ccccc32)C1=O. The lowest BCUT2D eigenvalue weighted by Gasteiger charge is -2.22. The summed E-state index contributed by atoms with van der Waals surface area (Å²) in [5.41, 5.74) is 0.907. The topological polar surface area (TPSA) is 90.5 Å². The molecule has 1 aromatic rings. The van der Waals surface area contributed by atoms with Crippen molar-refractivity contribution >= 4 is 17.8 Å². The second kappa shape index (κ2) is 6.84. The molecule has 1 heterocycles. The minimum absolute atomic E-state index is 0.130. The van der Waals surface area contributed by atoms with E-state index in [2.05, 4.69) is 16.0 Å². The van der Waals surface area contributed by atoms with Crippen LogP contribution in [0.1, 0.15) is 31.4 Å². The number of nitrogens with zero attached hydrogens (tertiary/aromatic N) is 1. The Labute approximate surface area is 147 Å². The fourth-order valence-electron chi connectivity index (χ4n) is 3.62. The first kappa shape index (κ1) is 17.4. The van der Waals surface area contributed by atoms with Crippen LogP contribution in [0.4, 0.5) is 4.79 Å². The number of imide groups is 1. The molecular weight excluding hydrogens is 320 g/mol. The van der Waals surface area contributed by atoms with Crippen molar-refractivity contribution in [3.05, 3.63) is 35.4 Å². The Morgan fingerprint density at radius 3 is 2.88 bits per heavy atom. The van der Waals surface area contributed by atoms with Crippen molar-refractivity contribution in [1.29, 1.82) is 0 Å². The molecule has 1 unspecified atom stereocenters. The first-order valence-corrected chi connectivity index (χ1v) is 8.70. The molecule has 1 spiro atoms. The third-order valence-corrected chi connectivity index (χ3v) is 4.88. The van der Waals surface area contributed by atoms with Crippen molar-refractivity contribution in [3.8, 4) is 0 Å². The predicted octanol–water partition coefficient (Wildman–Crippen LogP) is 0.494. The van der Waals surface area contributed by atoms with Gasteiger partial charge in [0.25, 0.3) is 5.91 Å². The van der Waals surface area contributed by atoms with E-state index in [1.807, 2.05) is 38.1 Å². The first-order valence-electron chi connectivity index (χ1n) is 8.70. The lowest BCUT2D eigenvalue weighted by atomic mass is 9.92. The van der Waals surface area contributed by atoms with Crippen molar-refractivity contribution in [2.75, 3.05) is 19.6 Å². The summed E-state index contributed by atoms with van der Waals surface area (Å²) in [4.78, 5) is 38.4. The number of fused-ring (bicyclic) bond motifs is 2. The standard InChI is InChI=1S/C18H24N4O3/c1-3-19-12(2)10-20-15(23)11-22-16(24)18(21-17(22)25)9-8-13-6-4-5-7-14(13)18/h4-7,12,19H,3,8-11H2,1-2H3,(H,20,23)(H,21,25)/t12-,18?/m1/s1. The molecule has 1 aliphatic carbocycles. The Morgan fingerprint density at radius 1 is 1.36 bits per heavy atom. The van der Waals surface area contributed by atoms with Gasteiger partial charge in [-0.1, -0.05) is 31.2 Å². The number of carbonyl (C=O) groups excluding carboxylic acids is 3. The van der Waals surface area contributed by atoms with Crippen molar-refractivity contribution in [2.24, 2.45) is 0 Å². The minimum atomic E-state index is -1.01. The molecule has 7 heteroatoms. The third-order valence-electron chi connectivity index (χ3n) is 4.88. The highest BCUT2D eigenvalue weighted by Gasteiger charge is 2.55. The molecule has 2 aliphatic rings. The van der Waals surface area contributed by atoms with Gasteiger partial charge in [0.15, 0.2) is 0 Å². The van der Waals surface area contributed by atoms with Gasteiger partial charge in [0.2, 0.25) is 5.91 Å². The second-order valence-electron chi connectivity index (χ2n) is 6.65. The number of amides is 4. The summed E-state index contributed by atoms with van der Waals surface area (Å²) in [5, 5.41) is 8.77. The van der Waals surface area contributed by atoms with E-state index < -0.39 is 11.6 Å². The molecule has 1 fully saturated rings. The van der Waals surface area contributed by atoms with Gasteiger partial charge in [0, 0.05) is 12.6 Å². The summed E-state index contributed by atoms with van der Waals surface area (Å²) in [6.45, 7) is 4.95. The van der Waals surface area contributed by atoms with E-state index in [4.69, 9.17) is 0 Å². The Balaban J connectivity index is 1.68. The summed E-state index contributed by atoms with van der Waals surface area (Å²) in [6, 6.07) is 7.27. The average molecular weight is 344 g/mol. The van der Waals surface area contributed by atoms with Crippen LogP contribution in [0.15, 0.2) is 24.3 Å². The number of hydrogen-bond donors (Lipinski definition) is 3. The monoisotopic (exact) mass is 344 g/mol. The molecule has 0 radical (unpaired) electrons. The summed E-state index contributed by atoms with van der Waals surface area (Å²) in [5.74, 6) is -0.672. The normalized spacial score (nSPS) is 22.9. The number of likely N-dealkylation sites (N-methyl/N-ethyl adjacent to an activating group) is 1. The van der Waals surface area contributed by atoms with Crippen molar-refractivity contribution in [2.45, 2.75) is 38.3 Å². The maximum Gasteiger partial charge on any atom is 0.325 e. The first-order chi connectivity index (χ1) is 12.0. The highest BCUT2D eigenvalue weighted by Crippen LogP contribution is 2.41.